The maximum atomic E-state index is 12.4. The lowest BCUT2D eigenvalue weighted by Gasteiger charge is -2.18. The number of benzene rings is 1. The van der Waals surface area contributed by atoms with Crippen molar-refractivity contribution in [1.82, 2.24) is 0 Å². The molecule has 1 nitrogen and oxygen atoms in total. The monoisotopic (exact) mass is 243 g/mol. The van der Waals surface area contributed by atoms with E-state index in [0.717, 1.165) is 6.07 Å². The predicted molar refractivity (Wildman–Crippen MR) is 45.6 cm³/mol. The molecule has 0 bridgehead atoms. The first-order valence-corrected chi connectivity index (χ1v) is 4.08. The first-order chi connectivity index (χ1) is 7.05. The van der Waals surface area contributed by atoms with Crippen LogP contribution in [0.2, 0.25) is 0 Å². The topological polar surface area (TPSA) is 26.0 Å². The van der Waals surface area contributed by atoms with Crippen LogP contribution < -0.4 is 5.73 Å². The van der Waals surface area contributed by atoms with Crippen LogP contribution in [-0.4, -0.2) is 0 Å². The maximum Gasteiger partial charge on any atom is 0.418 e. The fraction of sp³-hybridized carbons (Fsp3) is 0.333. The Balaban J connectivity index is 3.59. The number of rotatable bonds is 0. The number of hydrogen-bond donors (Lipinski definition) is 1. The van der Waals surface area contributed by atoms with Crippen molar-refractivity contribution in [1.29, 1.82) is 0 Å². The highest BCUT2D eigenvalue weighted by Crippen LogP contribution is 2.43. The molecule has 0 aliphatic carbocycles. The Bertz CT molecular complexity index is 404. The molecular weight excluding hydrogens is 236 g/mol. The molecule has 0 radical (unpaired) electrons. The Morgan fingerprint density at radius 2 is 1.44 bits per heavy atom. The molecule has 2 N–H and O–H groups in total. The van der Waals surface area contributed by atoms with Crippen molar-refractivity contribution in [2.45, 2.75) is 19.3 Å². The lowest BCUT2D eigenvalue weighted by atomic mass is 10.0. The highest BCUT2D eigenvalue weighted by Gasteiger charge is 2.44. The quantitative estimate of drug-likeness (QED) is 0.546. The third-order valence-electron chi connectivity index (χ3n) is 2.05. The molecule has 90 valence electrons. The van der Waals surface area contributed by atoms with Gasteiger partial charge in [-0.2, -0.15) is 26.3 Å². The molecule has 0 saturated heterocycles. The molecule has 0 fully saturated rings. The van der Waals surface area contributed by atoms with Crippen LogP contribution in [0.15, 0.2) is 12.1 Å². The average Bonchev–Trinajstić information content (AvgIpc) is 2.05. The standard InChI is InChI=1S/C9H7F6N/c1-4-2-3-5(8(10,11)12)6(7(4)16)9(13,14)15/h2-3H,16H2,1H3. The van der Waals surface area contributed by atoms with Crippen molar-refractivity contribution in [2.24, 2.45) is 0 Å². The van der Waals surface area contributed by atoms with E-state index in [0.29, 0.717) is 6.07 Å². The number of halogens is 6. The summed E-state index contributed by atoms with van der Waals surface area (Å²) < 4.78 is 74.3. The third-order valence-corrected chi connectivity index (χ3v) is 2.05. The Hall–Kier alpha value is -1.40. The molecule has 7 heteroatoms. The minimum Gasteiger partial charge on any atom is -0.398 e. The van der Waals surface area contributed by atoms with Gasteiger partial charge < -0.3 is 5.73 Å². The van der Waals surface area contributed by atoms with Crippen molar-refractivity contribution in [3.8, 4) is 0 Å². The van der Waals surface area contributed by atoms with E-state index in [1.807, 2.05) is 0 Å². The Kier molecular flexibility index (Phi) is 2.82. The molecular formula is C9H7F6N. The highest BCUT2D eigenvalue weighted by atomic mass is 19.4. The maximum absolute atomic E-state index is 12.4. The number of aryl methyl sites for hydroxylation is 1. The Morgan fingerprint density at radius 1 is 0.938 bits per heavy atom. The minimum absolute atomic E-state index is 0.0414. The molecule has 0 aromatic heterocycles. The van der Waals surface area contributed by atoms with Crippen molar-refractivity contribution in [2.75, 3.05) is 5.73 Å². The zero-order valence-corrected chi connectivity index (χ0v) is 8.00. The summed E-state index contributed by atoms with van der Waals surface area (Å²) in [5, 5.41) is 0. The summed E-state index contributed by atoms with van der Waals surface area (Å²) in [6.45, 7) is 1.21. The Morgan fingerprint density at radius 3 is 1.81 bits per heavy atom. The fourth-order valence-electron chi connectivity index (χ4n) is 1.27. The van der Waals surface area contributed by atoms with Gasteiger partial charge in [0.05, 0.1) is 11.1 Å². The molecule has 0 aliphatic rings. The van der Waals surface area contributed by atoms with Crippen molar-refractivity contribution in [3.63, 3.8) is 0 Å². The van der Waals surface area contributed by atoms with Crippen molar-refractivity contribution in [3.05, 3.63) is 28.8 Å². The van der Waals surface area contributed by atoms with Gasteiger partial charge in [0.1, 0.15) is 0 Å². The molecule has 0 saturated carbocycles. The first kappa shape index (κ1) is 12.7. The predicted octanol–water partition coefficient (Wildman–Crippen LogP) is 3.61. The summed E-state index contributed by atoms with van der Waals surface area (Å²) in [5.41, 5.74) is 0.538. The Labute approximate surface area is 86.9 Å². The first-order valence-electron chi connectivity index (χ1n) is 4.08. The minimum atomic E-state index is -5.12. The van der Waals surface area contributed by atoms with E-state index in [9.17, 15) is 26.3 Å². The summed E-state index contributed by atoms with van der Waals surface area (Å²) in [6, 6.07) is 1.29. The summed E-state index contributed by atoms with van der Waals surface area (Å²) in [6.07, 6.45) is -10.2. The van der Waals surface area contributed by atoms with Crippen LogP contribution in [0.3, 0.4) is 0 Å². The summed E-state index contributed by atoms with van der Waals surface area (Å²) >= 11 is 0. The molecule has 1 aromatic carbocycles. The number of nitrogen functional groups attached to an aromatic ring is 1. The number of hydrogen-bond acceptors (Lipinski definition) is 1. The SMILES string of the molecule is Cc1ccc(C(F)(F)F)c(C(F)(F)F)c1N. The number of nitrogens with two attached hydrogens (primary N) is 1. The lowest BCUT2D eigenvalue weighted by Crippen LogP contribution is -2.19. The summed E-state index contributed by atoms with van der Waals surface area (Å²) in [7, 11) is 0. The number of anilines is 1. The largest absolute Gasteiger partial charge is 0.418 e. The summed E-state index contributed by atoms with van der Waals surface area (Å²) in [4.78, 5) is 0. The van der Waals surface area contributed by atoms with Crippen LogP contribution in [0.5, 0.6) is 0 Å². The summed E-state index contributed by atoms with van der Waals surface area (Å²) in [5.74, 6) is 0. The molecule has 0 spiro atoms. The van der Waals surface area contributed by atoms with Gasteiger partial charge in [-0.25, -0.2) is 0 Å². The molecule has 16 heavy (non-hydrogen) atoms. The van der Waals surface area contributed by atoms with Crippen LogP contribution in [0, 0.1) is 6.92 Å². The van der Waals surface area contributed by atoms with E-state index in [-0.39, 0.29) is 5.56 Å². The molecule has 0 unspecified atom stereocenters. The van der Waals surface area contributed by atoms with Gasteiger partial charge in [-0.05, 0) is 18.6 Å². The van der Waals surface area contributed by atoms with E-state index in [1.54, 1.807) is 0 Å². The van der Waals surface area contributed by atoms with Gasteiger partial charge in [-0.3, -0.25) is 0 Å². The van der Waals surface area contributed by atoms with Crippen LogP contribution in [-0.2, 0) is 12.4 Å². The smallest absolute Gasteiger partial charge is 0.398 e. The molecule has 1 rings (SSSR count). The van der Waals surface area contributed by atoms with Crippen molar-refractivity contribution >= 4 is 5.69 Å². The number of alkyl halides is 6. The van der Waals surface area contributed by atoms with E-state index >= 15 is 0 Å². The van der Waals surface area contributed by atoms with Crippen LogP contribution in [0.25, 0.3) is 0 Å². The van der Waals surface area contributed by atoms with Crippen LogP contribution >= 0.6 is 0 Å². The van der Waals surface area contributed by atoms with Crippen molar-refractivity contribution < 1.29 is 26.3 Å². The molecule has 0 amide bonds. The zero-order valence-electron chi connectivity index (χ0n) is 8.00. The van der Waals surface area contributed by atoms with Gasteiger partial charge >= 0.3 is 12.4 Å². The van der Waals surface area contributed by atoms with Gasteiger partial charge in [0.15, 0.2) is 0 Å². The van der Waals surface area contributed by atoms with Gasteiger partial charge in [0, 0.05) is 5.69 Å². The third kappa shape index (κ3) is 2.23. The lowest BCUT2D eigenvalue weighted by molar-refractivity contribution is -0.161. The van der Waals surface area contributed by atoms with Gasteiger partial charge in [0.2, 0.25) is 0 Å². The second-order valence-electron chi connectivity index (χ2n) is 3.21. The normalized spacial score (nSPS) is 12.9. The molecule has 0 atom stereocenters. The van der Waals surface area contributed by atoms with Crippen LogP contribution in [0.4, 0.5) is 32.0 Å². The van der Waals surface area contributed by atoms with Gasteiger partial charge in [0.25, 0.3) is 0 Å². The van der Waals surface area contributed by atoms with Gasteiger partial charge in [-0.15, -0.1) is 0 Å². The van der Waals surface area contributed by atoms with E-state index < -0.39 is 29.2 Å². The molecule has 1 aromatic rings. The van der Waals surface area contributed by atoms with Gasteiger partial charge in [-0.1, -0.05) is 6.07 Å². The van der Waals surface area contributed by atoms with Crippen LogP contribution in [0.1, 0.15) is 16.7 Å². The van der Waals surface area contributed by atoms with E-state index in [1.165, 1.54) is 6.92 Å². The fourth-order valence-corrected chi connectivity index (χ4v) is 1.27. The highest BCUT2D eigenvalue weighted by molar-refractivity contribution is 5.58. The van der Waals surface area contributed by atoms with E-state index in [4.69, 9.17) is 5.73 Å². The molecule has 0 heterocycles. The second-order valence-corrected chi connectivity index (χ2v) is 3.21. The average molecular weight is 243 g/mol. The van der Waals surface area contributed by atoms with E-state index in [2.05, 4.69) is 0 Å². The molecule has 0 aliphatic heterocycles. The second kappa shape index (κ2) is 3.57. The zero-order chi connectivity index (χ0) is 12.7.